The average Bonchev–Trinajstić information content (AvgIpc) is 3.08. The Labute approximate surface area is 142 Å². The number of hydrogen-bond acceptors (Lipinski definition) is 4. The minimum Gasteiger partial charge on any atom is -0.355 e. The summed E-state index contributed by atoms with van der Waals surface area (Å²) in [4.78, 5) is 23.0. The smallest absolute Gasteiger partial charge is 0.220 e. The molecule has 1 N–H and O–H groups in total. The van der Waals surface area contributed by atoms with Gasteiger partial charge in [-0.1, -0.05) is 6.07 Å². The summed E-state index contributed by atoms with van der Waals surface area (Å²) in [6, 6.07) is 6.30. The fourth-order valence-electron chi connectivity index (χ4n) is 3.15. The number of piperidine rings is 1. The second-order valence-electron chi connectivity index (χ2n) is 6.39. The second kappa shape index (κ2) is 7.95. The average molecular weight is 327 g/mol. The predicted octanol–water partition coefficient (Wildman–Crippen LogP) is 2.15. The number of hydrogen-bond donors (Lipinski definition) is 1. The summed E-state index contributed by atoms with van der Waals surface area (Å²) in [5.41, 5.74) is 1.03. The predicted molar refractivity (Wildman–Crippen MR) is 93.8 cm³/mol. The van der Waals surface area contributed by atoms with E-state index in [0.29, 0.717) is 6.42 Å². The van der Waals surface area contributed by atoms with Crippen LogP contribution in [0, 0.1) is 6.92 Å². The van der Waals surface area contributed by atoms with Crippen molar-refractivity contribution >= 4 is 11.7 Å². The topological polar surface area (TPSA) is 63.1 Å². The number of aromatic nitrogens is 3. The molecule has 1 saturated heterocycles. The molecule has 0 aliphatic carbocycles. The van der Waals surface area contributed by atoms with E-state index in [1.807, 2.05) is 35.9 Å². The summed E-state index contributed by atoms with van der Waals surface area (Å²) >= 11 is 0. The molecule has 0 unspecified atom stereocenters. The molecule has 1 aliphatic rings. The van der Waals surface area contributed by atoms with E-state index in [2.05, 4.69) is 20.2 Å². The Morgan fingerprint density at radius 2 is 2.33 bits per heavy atom. The molecule has 1 aliphatic heterocycles. The summed E-state index contributed by atoms with van der Waals surface area (Å²) in [6.07, 6.45) is 8.97. The molecule has 0 bridgehead atoms. The number of nitrogens with zero attached hydrogens (tertiary/aromatic N) is 4. The van der Waals surface area contributed by atoms with Gasteiger partial charge in [0.2, 0.25) is 5.91 Å². The summed E-state index contributed by atoms with van der Waals surface area (Å²) in [5, 5.41) is 3.18. The second-order valence-corrected chi connectivity index (χ2v) is 6.39. The van der Waals surface area contributed by atoms with Crippen LogP contribution in [0.25, 0.3) is 0 Å². The van der Waals surface area contributed by atoms with Crippen LogP contribution in [0.15, 0.2) is 36.9 Å². The molecule has 0 radical (unpaired) electrons. The number of rotatable bonds is 6. The van der Waals surface area contributed by atoms with Crippen molar-refractivity contribution in [2.75, 3.05) is 18.0 Å². The van der Waals surface area contributed by atoms with E-state index < -0.39 is 0 Å². The van der Waals surface area contributed by atoms with E-state index >= 15 is 0 Å². The first kappa shape index (κ1) is 16.5. The van der Waals surface area contributed by atoms with Gasteiger partial charge in [-0.2, -0.15) is 0 Å². The summed E-state index contributed by atoms with van der Waals surface area (Å²) < 4.78 is 2.00. The maximum absolute atomic E-state index is 12.2. The van der Waals surface area contributed by atoms with Crippen LogP contribution < -0.4 is 10.2 Å². The van der Waals surface area contributed by atoms with Gasteiger partial charge in [-0.05, 0) is 38.3 Å². The summed E-state index contributed by atoms with van der Waals surface area (Å²) in [5.74, 6) is 1.15. The third-order valence-corrected chi connectivity index (χ3v) is 4.36. The maximum atomic E-state index is 12.2. The van der Waals surface area contributed by atoms with E-state index in [9.17, 15) is 4.79 Å². The first-order valence-electron chi connectivity index (χ1n) is 8.64. The quantitative estimate of drug-likeness (QED) is 0.883. The minimum atomic E-state index is 0.138. The lowest BCUT2D eigenvalue weighted by Crippen LogP contribution is -2.48. The Kier molecular flexibility index (Phi) is 5.46. The number of carbonyl (C=O) groups is 1. The zero-order chi connectivity index (χ0) is 16.8. The van der Waals surface area contributed by atoms with Crippen molar-refractivity contribution in [2.45, 2.75) is 45.2 Å². The van der Waals surface area contributed by atoms with E-state index in [1.165, 1.54) is 0 Å². The highest BCUT2D eigenvalue weighted by Crippen LogP contribution is 2.18. The molecule has 2 aromatic rings. The standard InChI is InChI=1S/C18H25N5O/c1-15-5-2-7-17(20-15)23-11-3-6-16(13-23)21-18(24)8-4-10-22-12-9-19-14-22/h2,5,7,9,12,14,16H,3-4,6,8,10-11,13H2,1H3,(H,21,24)/t16-/m0/s1. The number of amides is 1. The largest absolute Gasteiger partial charge is 0.355 e. The van der Waals surface area contributed by atoms with Crippen molar-refractivity contribution < 1.29 is 4.79 Å². The number of imidazole rings is 1. The highest BCUT2D eigenvalue weighted by atomic mass is 16.1. The summed E-state index contributed by atoms with van der Waals surface area (Å²) in [6.45, 7) is 4.68. The lowest BCUT2D eigenvalue weighted by molar-refractivity contribution is -0.122. The van der Waals surface area contributed by atoms with Crippen LogP contribution in [0.2, 0.25) is 0 Å². The molecule has 128 valence electrons. The van der Waals surface area contributed by atoms with Crippen molar-refractivity contribution in [2.24, 2.45) is 0 Å². The van der Waals surface area contributed by atoms with Crippen molar-refractivity contribution in [3.63, 3.8) is 0 Å². The van der Waals surface area contributed by atoms with Gasteiger partial charge in [0.15, 0.2) is 0 Å². The van der Waals surface area contributed by atoms with Gasteiger partial charge >= 0.3 is 0 Å². The van der Waals surface area contributed by atoms with Crippen LogP contribution in [0.3, 0.4) is 0 Å². The minimum absolute atomic E-state index is 0.138. The van der Waals surface area contributed by atoms with Crippen molar-refractivity contribution in [3.05, 3.63) is 42.6 Å². The normalized spacial score (nSPS) is 17.7. The molecule has 24 heavy (non-hydrogen) atoms. The van der Waals surface area contributed by atoms with E-state index in [-0.39, 0.29) is 11.9 Å². The van der Waals surface area contributed by atoms with Gasteiger partial charge < -0.3 is 14.8 Å². The Hall–Kier alpha value is -2.37. The third kappa shape index (κ3) is 4.57. The Morgan fingerprint density at radius 1 is 1.42 bits per heavy atom. The van der Waals surface area contributed by atoms with Crippen molar-refractivity contribution in [1.29, 1.82) is 0 Å². The number of nitrogens with one attached hydrogen (secondary N) is 1. The molecule has 6 heteroatoms. The SMILES string of the molecule is Cc1cccc(N2CCC[C@H](NC(=O)CCCn3ccnc3)C2)n1. The molecule has 2 aromatic heterocycles. The molecule has 1 fully saturated rings. The molecular formula is C18H25N5O. The maximum Gasteiger partial charge on any atom is 0.220 e. The fraction of sp³-hybridized carbons (Fsp3) is 0.500. The molecule has 3 heterocycles. The Bertz CT molecular complexity index is 655. The third-order valence-electron chi connectivity index (χ3n) is 4.36. The fourth-order valence-corrected chi connectivity index (χ4v) is 3.15. The van der Waals surface area contributed by atoms with Crippen molar-refractivity contribution in [3.8, 4) is 0 Å². The number of anilines is 1. The molecule has 1 amide bonds. The zero-order valence-corrected chi connectivity index (χ0v) is 14.2. The number of carbonyl (C=O) groups excluding carboxylic acids is 1. The number of aryl methyl sites for hydroxylation is 2. The van der Waals surface area contributed by atoms with E-state index in [0.717, 1.165) is 50.4 Å². The van der Waals surface area contributed by atoms with Gasteiger partial charge in [0.1, 0.15) is 5.82 Å². The molecule has 3 rings (SSSR count). The Balaban J connectivity index is 1.45. The molecule has 0 aromatic carbocycles. The van der Waals surface area contributed by atoms with Gasteiger partial charge in [0, 0.05) is 50.2 Å². The van der Waals surface area contributed by atoms with Gasteiger partial charge in [-0.25, -0.2) is 9.97 Å². The van der Waals surface area contributed by atoms with E-state index in [1.54, 1.807) is 12.5 Å². The highest BCUT2D eigenvalue weighted by Gasteiger charge is 2.22. The lowest BCUT2D eigenvalue weighted by Gasteiger charge is -2.34. The monoisotopic (exact) mass is 327 g/mol. The lowest BCUT2D eigenvalue weighted by atomic mass is 10.1. The zero-order valence-electron chi connectivity index (χ0n) is 14.2. The van der Waals surface area contributed by atoms with Gasteiger partial charge in [-0.15, -0.1) is 0 Å². The highest BCUT2D eigenvalue weighted by molar-refractivity contribution is 5.76. The van der Waals surface area contributed by atoms with Crippen LogP contribution >= 0.6 is 0 Å². The van der Waals surface area contributed by atoms with Crippen LogP contribution in [0.4, 0.5) is 5.82 Å². The van der Waals surface area contributed by atoms with Crippen LogP contribution in [0.5, 0.6) is 0 Å². The summed E-state index contributed by atoms with van der Waals surface area (Å²) in [7, 11) is 0. The van der Waals surface area contributed by atoms with Crippen LogP contribution in [-0.2, 0) is 11.3 Å². The molecule has 6 nitrogen and oxygen atoms in total. The van der Waals surface area contributed by atoms with Crippen LogP contribution in [0.1, 0.15) is 31.4 Å². The molecular weight excluding hydrogens is 302 g/mol. The molecule has 1 atom stereocenters. The van der Waals surface area contributed by atoms with E-state index in [4.69, 9.17) is 0 Å². The Morgan fingerprint density at radius 3 is 3.12 bits per heavy atom. The van der Waals surface area contributed by atoms with Crippen LogP contribution in [-0.4, -0.2) is 39.6 Å². The molecule has 0 saturated carbocycles. The number of pyridine rings is 1. The van der Waals surface area contributed by atoms with Gasteiger partial charge in [0.25, 0.3) is 0 Å². The molecule has 0 spiro atoms. The van der Waals surface area contributed by atoms with Gasteiger partial charge in [0.05, 0.1) is 6.33 Å². The first-order valence-corrected chi connectivity index (χ1v) is 8.64. The first-order chi connectivity index (χ1) is 11.7. The van der Waals surface area contributed by atoms with Gasteiger partial charge in [-0.3, -0.25) is 4.79 Å². The van der Waals surface area contributed by atoms with Crippen molar-refractivity contribution in [1.82, 2.24) is 19.9 Å².